The molecule has 0 unspecified atom stereocenters. The maximum absolute atomic E-state index is 12.3. The predicted molar refractivity (Wildman–Crippen MR) is 76.6 cm³/mol. The average molecular weight is 313 g/mol. The van der Waals surface area contributed by atoms with Crippen LogP contribution in [0.4, 0.5) is 0 Å². The highest BCUT2D eigenvalue weighted by molar-refractivity contribution is 7.87. The summed E-state index contributed by atoms with van der Waals surface area (Å²) < 4.78 is 28.5. The van der Waals surface area contributed by atoms with Gasteiger partial charge in [0.25, 0.3) is 10.2 Å². The van der Waals surface area contributed by atoms with Gasteiger partial charge in [-0.3, -0.25) is 9.78 Å². The van der Waals surface area contributed by atoms with Gasteiger partial charge in [-0.05, 0) is 31.4 Å². The Balaban J connectivity index is 1.98. The van der Waals surface area contributed by atoms with E-state index >= 15 is 0 Å². The fraction of sp³-hybridized carbons (Fsp3) is 0.538. The maximum Gasteiger partial charge on any atom is 0.306 e. The number of nitrogens with zero attached hydrogens (tertiary/aromatic N) is 2. The van der Waals surface area contributed by atoms with Gasteiger partial charge in [0, 0.05) is 31.5 Å². The molecule has 21 heavy (non-hydrogen) atoms. The summed E-state index contributed by atoms with van der Waals surface area (Å²) in [5.41, 5.74) is 0.779. The lowest BCUT2D eigenvalue weighted by atomic mass is 9.99. The highest BCUT2D eigenvalue weighted by Gasteiger charge is 2.31. The Hall–Kier alpha value is -1.51. The smallest absolute Gasteiger partial charge is 0.306 e. The maximum atomic E-state index is 12.3. The monoisotopic (exact) mass is 313 g/mol. The zero-order valence-electron chi connectivity index (χ0n) is 11.8. The summed E-state index contributed by atoms with van der Waals surface area (Å²) >= 11 is 0. The molecule has 1 atom stereocenters. The van der Waals surface area contributed by atoms with Gasteiger partial charge in [-0.15, -0.1) is 0 Å². The lowest BCUT2D eigenvalue weighted by molar-refractivity contribution is -0.142. The zero-order chi connectivity index (χ0) is 15.5. The van der Waals surface area contributed by atoms with Gasteiger partial charge < -0.3 is 5.11 Å². The largest absolute Gasteiger partial charge is 0.481 e. The van der Waals surface area contributed by atoms with Gasteiger partial charge in [0.2, 0.25) is 0 Å². The predicted octanol–water partition coefficient (Wildman–Crippen LogP) is 0.774. The molecule has 0 aliphatic carbocycles. The number of aromatic nitrogens is 1. The molecule has 1 aromatic heterocycles. The summed E-state index contributed by atoms with van der Waals surface area (Å²) in [5.74, 6) is -1.31. The second kappa shape index (κ2) is 6.50. The van der Waals surface area contributed by atoms with Crippen LogP contribution in [0.25, 0.3) is 0 Å². The summed E-state index contributed by atoms with van der Waals surface area (Å²) in [6, 6.07) is 3.16. The summed E-state index contributed by atoms with van der Waals surface area (Å²) in [6.45, 7) is 2.21. The molecule has 2 heterocycles. The second-order valence-corrected chi connectivity index (χ2v) is 6.84. The average Bonchev–Trinajstić information content (AvgIpc) is 2.48. The number of piperidine rings is 1. The van der Waals surface area contributed by atoms with E-state index < -0.39 is 22.1 Å². The van der Waals surface area contributed by atoms with Crippen LogP contribution in [0.3, 0.4) is 0 Å². The molecule has 1 aliphatic heterocycles. The molecule has 0 amide bonds. The fourth-order valence-corrected chi connectivity index (χ4v) is 3.76. The van der Waals surface area contributed by atoms with Crippen molar-refractivity contribution in [2.24, 2.45) is 5.92 Å². The summed E-state index contributed by atoms with van der Waals surface area (Å²) in [6.07, 6.45) is 3.93. The molecule has 7 nitrogen and oxygen atoms in total. The van der Waals surface area contributed by atoms with Crippen molar-refractivity contribution < 1.29 is 18.3 Å². The topological polar surface area (TPSA) is 99.6 Å². The first kappa shape index (κ1) is 15.9. The summed E-state index contributed by atoms with van der Waals surface area (Å²) in [5, 5.41) is 8.93. The number of hydrogen-bond acceptors (Lipinski definition) is 4. The van der Waals surface area contributed by atoms with Crippen molar-refractivity contribution in [1.29, 1.82) is 0 Å². The number of nitrogens with one attached hydrogen (secondary N) is 1. The molecular formula is C13H19N3O4S. The van der Waals surface area contributed by atoms with Crippen LogP contribution in [0.1, 0.15) is 31.4 Å². The van der Waals surface area contributed by atoms with Gasteiger partial charge in [0.1, 0.15) is 0 Å². The Labute approximate surface area is 124 Å². The highest BCUT2D eigenvalue weighted by Crippen LogP contribution is 2.20. The zero-order valence-corrected chi connectivity index (χ0v) is 12.6. The van der Waals surface area contributed by atoms with Gasteiger partial charge >= 0.3 is 5.97 Å². The molecule has 1 aliphatic rings. The van der Waals surface area contributed by atoms with E-state index in [9.17, 15) is 13.2 Å². The van der Waals surface area contributed by atoms with E-state index in [1.54, 1.807) is 31.5 Å². The fourth-order valence-electron chi connectivity index (χ4n) is 2.34. The molecule has 2 N–H and O–H groups in total. The standard InChI is InChI=1S/C13H19N3O4S/c1-10(12-3-2-6-14-9-12)15-21(19,20)16-7-4-11(5-8-16)13(17)18/h2-3,6,9-11,15H,4-5,7-8H2,1H3,(H,17,18)/t10-/m1/s1. The Kier molecular flexibility index (Phi) is 4.92. The molecule has 1 aromatic rings. The molecule has 1 saturated heterocycles. The van der Waals surface area contributed by atoms with E-state index in [-0.39, 0.29) is 19.1 Å². The van der Waals surface area contributed by atoms with Crippen LogP contribution in [0.5, 0.6) is 0 Å². The Morgan fingerprint density at radius 3 is 2.67 bits per heavy atom. The molecule has 116 valence electrons. The molecular weight excluding hydrogens is 294 g/mol. The molecule has 2 rings (SSSR count). The first-order valence-corrected chi connectivity index (χ1v) is 8.24. The minimum Gasteiger partial charge on any atom is -0.481 e. The van der Waals surface area contributed by atoms with Crippen LogP contribution in [0.15, 0.2) is 24.5 Å². The third-order valence-electron chi connectivity index (χ3n) is 3.65. The van der Waals surface area contributed by atoms with E-state index in [4.69, 9.17) is 5.11 Å². The summed E-state index contributed by atoms with van der Waals surface area (Å²) in [4.78, 5) is 14.8. The van der Waals surface area contributed by atoms with Crippen molar-refractivity contribution in [2.75, 3.05) is 13.1 Å². The Morgan fingerprint density at radius 2 is 2.14 bits per heavy atom. The van der Waals surface area contributed by atoms with Crippen LogP contribution >= 0.6 is 0 Å². The third kappa shape index (κ3) is 3.99. The first-order chi connectivity index (χ1) is 9.90. The van der Waals surface area contributed by atoms with E-state index in [2.05, 4.69) is 9.71 Å². The number of aliphatic carboxylic acids is 1. The quantitative estimate of drug-likeness (QED) is 0.836. The van der Waals surface area contributed by atoms with Crippen LogP contribution in [-0.4, -0.2) is 41.9 Å². The molecule has 0 radical (unpaired) electrons. The van der Waals surface area contributed by atoms with Crippen LogP contribution in [0.2, 0.25) is 0 Å². The minimum atomic E-state index is -3.62. The third-order valence-corrected chi connectivity index (χ3v) is 5.35. The highest BCUT2D eigenvalue weighted by atomic mass is 32.2. The van der Waals surface area contributed by atoms with Crippen molar-refractivity contribution in [3.05, 3.63) is 30.1 Å². The van der Waals surface area contributed by atoms with Gasteiger partial charge in [0.05, 0.1) is 5.92 Å². The molecule has 0 aromatic carbocycles. The lowest BCUT2D eigenvalue weighted by Gasteiger charge is -2.30. The number of hydrogen-bond donors (Lipinski definition) is 2. The van der Waals surface area contributed by atoms with Gasteiger partial charge in [-0.1, -0.05) is 6.07 Å². The molecule has 0 saturated carbocycles. The first-order valence-electron chi connectivity index (χ1n) is 6.80. The Morgan fingerprint density at radius 1 is 1.48 bits per heavy atom. The minimum absolute atomic E-state index is 0.228. The number of rotatable bonds is 5. The van der Waals surface area contributed by atoms with Gasteiger partial charge in [-0.2, -0.15) is 17.4 Å². The van der Waals surface area contributed by atoms with Crippen molar-refractivity contribution in [3.63, 3.8) is 0 Å². The van der Waals surface area contributed by atoms with Crippen LogP contribution in [-0.2, 0) is 15.0 Å². The number of pyridine rings is 1. The van der Waals surface area contributed by atoms with Crippen molar-refractivity contribution >= 4 is 16.2 Å². The number of carboxylic acids is 1. The van der Waals surface area contributed by atoms with Crippen molar-refractivity contribution in [2.45, 2.75) is 25.8 Å². The van der Waals surface area contributed by atoms with E-state index in [0.29, 0.717) is 12.8 Å². The summed E-state index contributed by atoms with van der Waals surface area (Å²) in [7, 11) is -3.62. The second-order valence-electron chi connectivity index (χ2n) is 5.14. The molecule has 8 heteroatoms. The number of carboxylic acid groups (broad SMARTS) is 1. The van der Waals surface area contributed by atoms with E-state index in [1.165, 1.54) is 4.31 Å². The number of carbonyl (C=O) groups is 1. The van der Waals surface area contributed by atoms with Crippen molar-refractivity contribution in [1.82, 2.24) is 14.0 Å². The molecule has 0 spiro atoms. The van der Waals surface area contributed by atoms with E-state index in [1.807, 2.05) is 0 Å². The van der Waals surface area contributed by atoms with Crippen molar-refractivity contribution in [3.8, 4) is 0 Å². The lowest BCUT2D eigenvalue weighted by Crippen LogP contribution is -2.46. The van der Waals surface area contributed by atoms with Crippen LogP contribution < -0.4 is 4.72 Å². The molecule has 1 fully saturated rings. The van der Waals surface area contributed by atoms with Gasteiger partial charge in [-0.25, -0.2) is 0 Å². The Bertz CT molecular complexity index is 583. The molecule has 0 bridgehead atoms. The normalized spacial score (nSPS) is 19.3. The SMILES string of the molecule is C[C@@H](NS(=O)(=O)N1CCC(C(=O)O)CC1)c1cccnc1. The van der Waals surface area contributed by atoms with Crippen LogP contribution in [0, 0.1) is 5.92 Å². The van der Waals surface area contributed by atoms with Gasteiger partial charge in [0.15, 0.2) is 0 Å². The van der Waals surface area contributed by atoms with E-state index in [0.717, 1.165) is 5.56 Å².